The van der Waals surface area contributed by atoms with E-state index in [9.17, 15) is 8.42 Å². The molecular formula is C11H9Cl3N2O2S2. The summed E-state index contributed by atoms with van der Waals surface area (Å²) < 4.78 is 27.4. The maximum atomic E-state index is 12.2. The summed E-state index contributed by atoms with van der Waals surface area (Å²) in [5, 5.41) is 0.119. The number of sulfonamides is 1. The summed E-state index contributed by atoms with van der Waals surface area (Å²) in [5.41, 5.74) is 5.66. The van der Waals surface area contributed by atoms with Crippen LogP contribution in [-0.4, -0.2) is 8.42 Å². The van der Waals surface area contributed by atoms with Gasteiger partial charge in [-0.05, 0) is 24.3 Å². The van der Waals surface area contributed by atoms with Gasteiger partial charge in [-0.3, -0.25) is 0 Å². The number of halogens is 3. The molecule has 0 spiro atoms. The van der Waals surface area contributed by atoms with Crippen molar-refractivity contribution in [3.05, 3.63) is 43.5 Å². The van der Waals surface area contributed by atoms with Crippen molar-refractivity contribution >= 4 is 61.9 Å². The number of anilines is 1. The minimum Gasteiger partial charge on any atom is -0.396 e. The Morgan fingerprint density at radius 2 is 1.85 bits per heavy atom. The second-order valence-corrected chi connectivity index (χ2v) is 8.12. The minimum atomic E-state index is -3.78. The third-order valence-electron chi connectivity index (χ3n) is 2.45. The molecule has 3 N–H and O–H groups in total. The Bertz CT molecular complexity index is 744. The predicted molar refractivity (Wildman–Crippen MR) is 84.2 cm³/mol. The van der Waals surface area contributed by atoms with Crippen molar-refractivity contribution in [1.29, 1.82) is 0 Å². The minimum absolute atomic E-state index is 0.0374. The first-order valence-corrected chi connectivity index (χ1v) is 8.72. The Labute approximate surface area is 135 Å². The third-order valence-corrected chi connectivity index (χ3v) is 5.97. The lowest BCUT2D eigenvalue weighted by atomic mass is 10.3. The van der Waals surface area contributed by atoms with Gasteiger partial charge in [-0.25, -0.2) is 13.1 Å². The van der Waals surface area contributed by atoms with Crippen LogP contribution in [0.15, 0.2) is 29.2 Å². The van der Waals surface area contributed by atoms with Gasteiger partial charge in [0.25, 0.3) is 0 Å². The second kappa shape index (κ2) is 6.09. The van der Waals surface area contributed by atoms with Crippen LogP contribution in [0.5, 0.6) is 0 Å². The molecule has 1 aromatic heterocycles. The lowest BCUT2D eigenvalue weighted by Crippen LogP contribution is -2.23. The van der Waals surface area contributed by atoms with Gasteiger partial charge in [-0.2, -0.15) is 0 Å². The number of rotatable bonds is 4. The van der Waals surface area contributed by atoms with Crippen LogP contribution < -0.4 is 10.5 Å². The highest BCUT2D eigenvalue weighted by atomic mass is 35.5. The van der Waals surface area contributed by atoms with E-state index in [-0.39, 0.29) is 27.2 Å². The van der Waals surface area contributed by atoms with Gasteiger partial charge in [-0.1, -0.05) is 34.8 Å². The maximum absolute atomic E-state index is 12.2. The lowest BCUT2D eigenvalue weighted by molar-refractivity contribution is 0.582. The lowest BCUT2D eigenvalue weighted by Gasteiger charge is -2.10. The molecule has 9 heteroatoms. The summed E-state index contributed by atoms with van der Waals surface area (Å²) in [6.45, 7) is 0.124. The summed E-state index contributed by atoms with van der Waals surface area (Å²) in [6, 6.07) is 6.14. The average molecular weight is 372 g/mol. The number of nitrogens with two attached hydrogens (primary N) is 1. The van der Waals surface area contributed by atoms with Crippen LogP contribution in [0.25, 0.3) is 0 Å². The average Bonchev–Trinajstić information content (AvgIpc) is 2.79. The zero-order valence-electron chi connectivity index (χ0n) is 9.86. The Morgan fingerprint density at radius 3 is 2.45 bits per heavy atom. The van der Waals surface area contributed by atoms with Gasteiger partial charge in [0.2, 0.25) is 10.0 Å². The highest BCUT2D eigenvalue weighted by Crippen LogP contribution is 2.33. The zero-order chi connectivity index (χ0) is 14.9. The van der Waals surface area contributed by atoms with Crippen molar-refractivity contribution in [2.75, 3.05) is 5.73 Å². The smallest absolute Gasteiger partial charge is 0.242 e. The Balaban J connectivity index is 2.25. The number of benzene rings is 1. The van der Waals surface area contributed by atoms with E-state index < -0.39 is 10.0 Å². The molecule has 4 nitrogen and oxygen atoms in total. The normalized spacial score (nSPS) is 11.8. The molecule has 1 heterocycles. The Hall–Kier alpha value is -0.500. The second-order valence-electron chi connectivity index (χ2n) is 3.80. The summed E-state index contributed by atoms with van der Waals surface area (Å²) >= 11 is 18.8. The summed E-state index contributed by atoms with van der Waals surface area (Å²) in [5.74, 6) is 0. The summed E-state index contributed by atoms with van der Waals surface area (Å²) in [6.07, 6.45) is 0. The van der Waals surface area contributed by atoms with Crippen molar-refractivity contribution < 1.29 is 8.42 Å². The fraction of sp³-hybridized carbons (Fsp3) is 0.0909. The number of nitrogens with one attached hydrogen (secondary N) is 1. The van der Waals surface area contributed by atoms with Crippen molar-refractivity contribution in [2.45, 2.75) is 11.4 Å². The number of nitrogen functional groups attached to an aromatic ring is 1. The molecule has 0 aliphatic rings. The molecule has 0 fully saturated rings. The first kappa shape index (κ1) is 15.9. The van der Waals surface area contributed by atoms with Crippen LogP contribution >= 0.6 is 46.1 Å². The van der Waals surface area contributed by atoms with Crippen LogP contribution in [0.1, 0.15) is 4.88 Å². The monoisotopic (exact) mass is 370 g/mol. The van der Waals surface area contributed by atoms with Gasteiger partial charge in [0, 0.05) is 11.4 Å². The molecule has 0 aliphatic carbocycles. The van der Waals surface area contributed by atoms with E-state index in [4.69, 9.17) is 40.5 Å². The summed E-state index contributed by atoms with van der Waals surface area (Å²) in [4.78, 5) is 0.681. The van der Waals surface area contributed by atoms with Crippen molar-refractivity contribution in [1.82, 2.24) is 4.72 Å². The van der Waals surface area contributed by atoms with Gasteiger partial charge in [-0.15, -0.1) is 11.3 Å². The molecule has 0 amide bonds. The standard InChI is InChI=1S/C11H9Cl3N2O2S2/c12-7-2-3-8(10(14)11(7)15)20(17,18)16-5-6-1-4-9(13)19-6/h1-4,16H,5,15H2. The van der Waals surface area contributed by atoms with E-state index >= 15 is 0 Å². The van der Waals surface area contributed by atoms with Crippen LogP contribution in [-0.2, 0) is 16.6 Å². The van der Waals surface area contributed by atoms with Crippen molar-refractivity contribution in [2.24, 2.45) is 0 Å². The largest absolute Gasteiger partial charge is 0.396 e. The molecule has 0 saturated carbocycles. The van der Waals surface area contributed by atoms with E-state index in [1.807, 2.05) is 0 Å². The fourth-order valence-electron chi connectivity index (χ4n) is 1.45. The van der Waals surface area contributed by atoms with Gasteiger partial charge in [0.1, 0.15) is 4.90 Å². The van der Waals surface area contributed by atoms with E-state index in [1.165, 1.54) is 23.5 Å². The molecule has 0 radical (unpaired) electrons. The fourth-order valence-corrected chi connectivity index (χ4v) is 4.34. The SMILES string of the molecule is Nc1c(Cl)ccc(S(=O)(=O)NCc2ccc(Cl)s2)c1Cl. The highest BCUT2D eigenvalue weighted by Gasteiger charge is 2.20. The predicted octanol–water partition coefficient (Wildman–Crippen LogP) is 3.77. The highest BCUT2D eigenvalue weighted by molar-refractivity contribution is 7.89. The van der Waals surface area contributed by atoms with Crippen LogP contribution in [0.3, 0.4) is 0 Å². The molecule has 0 saturated heterocycles. The topological polar surface area (TPSA) is 72.2 Å². The van der Waals surface area contributed by atoms with Crippen molar-refractivity contribution in [3.8, 4) is 0 Å². The molecule has 0 bridgehead atoms. The molecule has 1 aromatic carbocycles. The summed E-state index contributed by atoms with van der Waals surface area (Å²) in [7, 11) is -3.78. The maximum Gasteiger partial charge on any atom is 0.242 e. The first-order valence-electron chi connectivity index (χ1n) is 5.28. The van der Waals surface area contributed by atoms with Crippen LogP contribution in [0, 0.1) is 0 Å². The van der Waals surface area contributed by atoms with Gasteiger partial charge in [0.05, 0.1) is 20.1 Å². The van der Waals surface area contributed by atoms with Gasteiger partial charge < -0.3 is 5.73 Å². The Morgan fingerprint density at radius 1 is 1.15 bits per heavy atom. The van der Waals surface area contributed by atoms with E-state index in [0.717, 1.165) is 4.88 Å². The quantitative estimate of drug-likeness (QED) is 0.804. The molecule has 20 heavy (non-hydrogen) atoms. The molecule has 2 aromatic rings. The van der Waals surface area contributed by atoms with E-state index in [0.29, 0.717) is 4.34 Å². The number of hydrogen-bond acceptors (Lipinski definition) is 4. The van der Waals surface area contributed by atoms with E-state index in [1.54, 1.807) is 12.1 Å². The molecule has 0 unspecified atom stereocenters. The molecular weight excluding hydrogens is 363 g/mol. The molecule has 2 rings (SSSR count). The number of thiophene rings is 1. The van der Waals surface area contributed by atoms with Crippen molar-refractivity contribution in [3.63, 3.8) is 0 Å². The van der Waals surface area contributed by atoms with Crippen LogP contribution in [0.2, 0.25) is 14.4 Å². The number of hydrogen-bond donors (Lipinski definition) is 2. The van der Waals surface area contributed by atoms with Crippen LogP contribution in [0.4, 0.5) is 5.69 Å². The zero-order valence-corrected chi connectivity index (χ0v) is 13.8. The Kier molecular flexibility index (Phi) is 4.84. The third kappa shape index (κ3) is 3.39. The van der Waals surface area contributed by atoms with E-state index in [2.05, 4.69) is 4.72 Å². The first-order chi connectivity index (χ1) is 9.31. The van der Waals surface area contributed by atoms with Gasteiger partial charge >= 0.3 is 0 Å². The van der Waals surface area contributed by atoms with Gasteiger partial charge in [0.15, 0.2) is 0 Å². The molecule has 0 aliphatic heterocycles. The molecule has 0 atom stereocenters. The molecule has 108 valence electrons.